The summed E-state index contributed by atoms with van der Waals surface area (Å²) < 4.78 is 0. The third-order valence-electron chi connectivity index (χ3n) is 4.10. The van der Waals surface area contributed by atoms with Crippen LogP contribution in [0.15, 0.2) is 0 Å². The highest BCUT2D eigenvalue weighted by Gasteiger charge is 2.20. The van der Waals surface area contributed by atoms with Crippen molar-refractivity contribution in [2.24, 2.45) is 5.92 Å². The highest BCUT2D eigenvalue weighted by molar-refractivity contribution is 4.76. The van der Waals surface area contributed by atoms with Crippen molar-refractivity contribution in [2.75, 3.05) is 52.4 Å². The van der Waals surface area contributed by atoms with Crippen molar-refractivity contribution in [2.45, 2.75) is 26.2 Å². The van der Waals surface area contributed by atoms with Crippen LogP contribution in [-0.4, -0.2) is 62.2 Å². The fourth-order valence-corrected chi connectivity index (χ4v) is 2.93. The van der Waals surface area contributed by atoms with Crippen molar-refractivity contribution >= 4 is 0 Å². The van der Waals surface area contributed by atoms with Crippen LogP contribution in [0.25, 0.3) is 0 Å². The van der Waals surface area contributed by atoms with Crippen LogP contribution in [0.2, 0.25) is 0 Å². The summed E-state index contributed by atoms with van der Waals surface area (Å²) in [6, 6.07) is 0. The third-order valence-corrected chi connectivity index (χ3v) is 4.10. The molecule has 0 radical (unpaired) electrons. The number of hydrogen-bond donors (Lipinski definition) is 1. The summed E-state index contributed by atoms with van der Waals surface area (Å²) >= 11 is 0. The van der Waals surface area contributed by atoms with Crippen LogP contribution in [0.1, 0.15) is 26.2 Å². The molecule has 0 aromatic heterocycles. The first-order valence-corrected chi connectivity index (χ1v) is 7.04. The zero-order chi connectivity index (χ0) is 11.2. The summed E-state index contributed by atoms with van der Waals surface area (Å²) in [6.07, 6.45) is 4.16. The van der Waals surface area contributed by atoms with Gasteiger partial charge in [-0.3, -0.25) is 0 Å². The standard InChI is InChI=1S/C13H27N3/c1-2-15-9-4-13(5-10-15)12-16-8-3-6-14-7-11-16/h13-14H,2-12H2,1H3. The molecular weight excluding hydrogens is 198 g/mol. The Kier molecular flexibility index (Phi) is 5.07. The van der Waals surface area contributed by atoms with Crippen LogP contribution < -0.4 is 5.32 Å². The molecule has 0 spiro atoms. The first-order chi connectivity index (χ1) is 7.88. The minimum absolute atomic E-state index is 0.959. The Hall–Kier alpha value is -0.120. The van der Waals surface area contributed by atoms with E-state index in [2.05, 4.69) is 22.0 Å². The summed E-state index contributed by atoms with van der Waals surface area (Å²) in [4.78, 5) is 5.26. The molecule has 2 saturated heterocycles. The van der Waals surface area contributed by atoms with Crippen LogP contribution in [0.5, 0.6) is 0 Å². The van der Waals surface area contributed by atoms with E-state index in [0.29, 0.717) is 0 Å². The van der Waals surface area contributed by atoms with Crippen LogP contribution in [0, 0.1) is 5.92 Å². The van der Waals surface area contributed by atoms with E-state index < -0.39 is 0 Å². The van der Waals surface area contributed by atoms with E-state index in [1.165, 1.54) is 71.6 Å². The maximum atomic E-state index is 3.48. The Bertz CT molecular complexity index is 180. The molecule has 2 aliphatic heterocycles. The molecule has 0 saturated carbocycles. The lowest BCUT2D eigenvalue weighted by atomic mass is 9.96. The van der Waals surface area contributed by atoms with Crippen molar-refractivity contribution in [1.29, 1.82) is 0 Å². The molecule has 3 nitrogen and oxygen atoms in total. The fourth-order valence-electron chi connectivity index (χ4n) is 2.93. The molecule has 2 aliphatic rings. The van der Waals surface area contributed by atoms with Gasteiger partial charge in [-0.1, -0.05) is 6.92 Å². The Balaban J connectivity index is 1.69. The number of rotatable bonds is 3. The molecule has 0 amide bonds. The van der Waals surface area contributed by atoms with Crippen LogP contribution in [0.4, 0.5) is 0 Å². The van der Waals surface area contributed by atoms with Crippen molar-refractivity contribution in [3.05, 3.63) is 0 Å². The van der Waals surface area contributed by atoms with Crippen LogP contribution >= 0.6 is 0 Å². The van der Waals surface area contributed by atoms with Crippen LogP contribution in [0.3, 0.4) is 0 Å². The average molecular weight is 225 g/mol. The molecule has 94 valence electrons. The minimum Gasteiger partial charge on any atom is -0.315 e. The highest BCUT2D eigenvalue weighted by atomic mass is 15.2. The second-order valence-electron chi connectivity index (χ2n) is 5.28. The van der Waals surface area contributed by atoms with Gasteiger partial charge in [0.25, 0.3) is 0 Å². The number of piperidine rings is 1. The maximum absolute atomic E-state index is 3.48. The summed E-state index contributed by atoms with van der Waals surface area (Å²) in [6.45, 7) is 12.5. The molecule has 0 atom stereocenters. The molecule has 16 heavy (non-hydrogen) atoms. The fraction of sp³-hybridized carbons (Fsp3) is 1.00. The monoisotopic (exact) mass is 225 g/mol. The SMILES string of the molecule is CCN1CCC(CN2CCCNCC2)CC1. The predicted molar refractivity (Wildman–Crippen MR) is 68.8 cm³/mol. The molecule has 2 rings (SSSR count). The molecule has 3 heteroatoms. The Morgan fingerprint density at radius 2 is 1.81 bits per heavy atom. The largest absolute Gasteiger partial charge is 0.315 e. The van der Waals surface area contributed by atoms with Gasteiger partial charge in [0.15, 0.2) is 0 Å². The van der Waals surface area contributed by atoms with Gasteiger partial charge in [0.1, 0.15) is 0 Å². The van der Waals surface area contributed by atoms with Gasteiger partial charge in [-0.2, -0.15) is 0 Å². The van der Waals surface area contributed by atoms with Gasteiger partial charge in [0.05, 0.1) is 0 Å². The smallest absolute Gasteiger partial charge is 0.0107 e. The molecule has 2 fully saturated rings. The molecular formula is C13H27N3. The van der Waals surface area contributed by atoms with Gasteiger partial charge in [0.2, 0.25) is 0 Å². The lowest BCUT2D eigenvalue weighted by Gasteiger charge is -2.34. The summed E-state index contributed by atoms with van der Waals surface area (Å²) in [5, 5.41) is 3.48. The van der Waals surface area contributed by atoms with E-state index >= 15 is 0 Å². The first-order valence-electron chi connectivity index (χ1n) is 7.04. The normalized spacial score (nSPS) is 26.8. The van der Waals surface area contributed by atoms with Gasteiger partial charge in [0, 0.05) is 19.6 Å². The third kappa shape index (κ3) is 3.72. The van der Waals surface area contributed by atoms with E-state index in [1.807, 2.05) is 0 Å². The van der Waals surface area contributed by atoms with E-state index in [1.54, 1.807) is 0 Å². The summed E-state index contributed by atoms with van der Waals surface area (Å²) in [7, 11) is 0. The highest BCUT2D eigenvalue weighted by Crippen LogP contribution is 2.18. The molecule has 0 unspecified atom stereocenters. The molecule has 0 bridgehead atoms. The van der Waals surface area contributed by atoms with Gasteiger partial charge in [-0.25, -0.2) is 0 Å². The van der Waals surface area contributed by atoms with Crippen molar-refractivity contribution < 1.29 is 0 Å². The van der Waals surface area contributed by atoms with Gasteiger partial charge in [-0.05, 0) is 57.9 Å². The van der Waals surface area contributed by atoms with Gasteiger partial charge in [-0.15, -0.1) is 0 Å². The predicted octanol–water partition coefficient (Wildman–Crippen LogP) is 1.01. The van der Waals surface area contributed by atoms with Crippen molar-refractivity contribution in [3.63, 3.8) is 0 Å². The van der Waals surface area contributed by atoms with E-state index in [4.69, 9.17) is 0 Å². The minimum atomic E-state index is 0.959. The molecule has 0 aromatic carbocycles. The number of nitrogens with zero attached hydrogens (tertiary/aromatic N) is 2. The second kappa shape index (κ2) is 6.58. The zero-order valence-electron chi connectivity index (χ0n) is 10.7. The zero-order valence-corrected chi connectivity index (χ0v) is 10.7. The van der Waals surface area contributed by atoms with Gasteiger partial charge >= 0.3 is 0 Å². The molecule has 0 aliphatic carbocycles. The van der Waals surface area contributed by atoms with E-state index in [0.717, 1.165) is 5.92 Å². The summed E-state index contributed by atoms with van der Waals surface area (Å²) in [5.41, 5.74) is 0. The Labute approximate surface area is 100 Å². The Morgan fingerprint density at radius 1 is 1.00 bits per heavy atom. The maximum Gasteiger partial charge on any atom is 0.0107 e. The Morgan fingerprint density at radius 3 is 2.56 bits per heavy atom. The van der Waals surface area contributed by atoms with Gasteiger partial charge < -0.3 is 15.1 Å². The molecule has 2 heterocycles. The lowest BCUT2D eigenvalue weighted by molar-refractivity contribution is 0.151. The lowest BCUT2D eigenvalue weighted by Crippen LogP contribution is -2.39. The number of likely N-dealkylation sites (tertiary alicyclic amines) is 1. The van der Waals surface area contributed by atoms with Crippen molar-refractivity contribution in [1.82, 2.24) is 15.1 Å². The molecule has 0 aromatic rings. The summed E-state index contributed by atoms with van der Waals surface area (Å²) in [5.74, 6) is 0.959. The topological polar surface area (TPSA) is 18.5 Å². The van der Waals surface area contributed by atoms with Crippen LogP contribution in [-0.2, 0) is 0 Å². The van der Waals surface area contributed by atoms with Crippen molar-refractivity contribution in [3.8, 4) is 0 Å². The van der Waals surface area contributed by atoms with E-state index in [-0.39, 0.29) is 0 Å². The molecule has 1 N–H and O–H groups in total. The number of nitrogens with one attached hydrogen (secondary N) is 1. The second-order valence-corrected chi connectivity index (χ2v) is 5.28. The average Bonchev–Trinajstić information content (AvgIpc) is 2.59. The quantitative estimate of drug-likeness (QED) is 0.773. The first kappa shape index (κ1) is 12.3. The van der Waals surface area contributed by atoms with E-state index in [9.17, 15) is 0 Å². The number of hydrogen-bond acceptors (Lipinski definition) is 3.